The summed E-state index contributed by atoms with van der Waals surface area (Å²) in [5, 5.41) is 13.8. The molecular formula is C30H28Cl2F2N4O4S. The Bertz CT molecular complexity index is 1720. The summed E-state index contributed by atoms with van der Waals surface area (Å²) in [5.41, 5.74) is -0.745. The maximum Gasteiger partial charge on any atom is 0.338 e. The van der Waals surface area contributed by atoms with E-state index in [2.05, 4.69) is 15.0 Å². The van der Waals surface area contributed by atoms with Crippen molar-refractivity contribution in [3.05, 3.63) is 63.1 Å². The number of hydrogen-bond acceptors (Lipinski definition) is 9. The van der Waals surface area contributed by atoms with E-state index < -0.39 is 22.9 Å². The quantitative estimate of drug-likeness (QED) is 0.153. The number of esters is 1. The first-order chi connectivity index (χ1) is 20.4. The van der Waals surface area contributed by atoms with Gasteiger partial charge < -0.3 is 24.3 Å². The third-order valence-corrected chi connectivity index (χ3v) is 9.99. The molecule has 1 saturated carbocycles. The van der Waals surface area contributed by atoms with Gasteiger partial charge in [0.2, 0.25) is 0 Å². The predicted octanol–water partition coefficient (Wildman–Crippen LogP) is 7.84. The lowest BCUT2D eigenvalue weighted by molar-refractivity contribution is 0.0366. The maximum absolute atomic E-state index is 15.2. The van der Waals surface area contributed by atoms with Crippen LogP contribution >= 0.6 is 34.5 Å². The highest BCUT2D eigenvalue weighted by Crippen LogP contribution is 2.51. The van der Waals surface area contributed by atoms with E-state index in [-0.39, 0.29) is 35.5 Å². The summed E-state index contributed by atoms with van der Waals surface area (Å²) in [6.07, 6.45) is 2.52. The molecule has 226 valence electrons. The zero-order chi connectivity index (χ0) is 30.7. The van der Waals surface area contributed by atoms with Crippen LogP contribution in [0.4, 0.5) is 13.9 Å². The molecule has 1 saturated heterocycles. The first kappa shape index (κ1) is 29.9. The average molecular weight is 650 g/mol. The van der Waals surface area contributed by atoms with Crippen molar-refractivity contribution < 1.29 is 27.6 Å². The van der Waals surface area contributed by atoms with Gasteiger partial charge in [0, 0.05) is 30.3 Å². The molecule has 43 heavy (non-hydrogen) atoms. The Balaban J connectivity index is 1.21. The smallest absolute Gasteiger partial charge is 0.338 e. The van der Waals surface area contributed by atoms with Crippen molar-refractivity contribution in [1.29, 1.82) is 5.41 Å². The number of carbonyl (C=O) groups is 1. The van der Waals surface area contributed by atoms with E-state index in [1.165, 1.54) is 38.5 Å². The van der Waals surface area contributed by atoms with Crippen LogP contribution in [0.1, 0.15) is 48.4 Å². The van der Waals surface area contributed by atoms with Crippen molar-refractivity contribution in [2.45, 2.75) is 45.1 Å². The third-order valence-electron chi connectivity index (χ3n) is 8.30. The van der Waals surface area contributed by atoms with E-state index in [0.29, 0.717) is 62.6 Å². The Hall–Kier alpha value is -3.12. The molecule has 3 heterocycles. The van der Waals surface area contributed by atoms with Gasteiger partial charge in [-0.2, -0.15) is 0 Å². The summed E-state index contributed by atoms with van der Waals surface area (Å²) in [7, 11) is 1.25. The zero-order valence-corrected chi connectivity index (χ0v) is 25.9. The Labute approximate surface area is 260 Å². The lowest BCUT2D eigenvalue weighted by Gasteiger charge is -2.24. The largest absolute Gasteiger partial charge is 0.465 e. The fraction of sp³-hybridized carbons (Fsp3) is 0.400. The summed E-state index contributed by atoms with van der Waals surface area (Å²) >= 11 is 14.2. The fourth-order valence-electron chi connectivity index (χ4n) is 6.24. The van der Waals surface area contributed by atoms with Gasteiger partial charge >= 0.3 is 5.97 Å². The Morgan fingerprint density at radius 3 is 2.72 bits per heavy atom. The fourth-order valence-corrected chi connectivity index (χ4v) is 7.84. The SMILES string of the molecule is COC(=O)c1cc(F)c2nc(N3C[C@H]4C[C@H](OCc5c(-c6c(Cl)cccc6Cl)noc5C(C)(C)F)C[C@@]4(C=N)C3)sc2c1. The van der Waals surface area contributed by atoms with Crippen molar-refractivity contribution in [2.75, 3.05) is 25.1 Å². The highest BCUT2D eigenvalue weighted by Gasteiger charge is 2.53. The molecular weight excluding hydrogens is 621 g/mol. The van der Waals surface area contributed by atoms with Crippen LogP contribution in [-0.4, -0.2) is 48.6 Å². The summed E-state index contributed by atoms with van der Waals surface area (Å²) < 4.78 is 47.0. The second-order valence-electron chi connectivity index (χ2n) is 11.5. The van der Waals surface area contributed by atoms with E-state index in [1.807, 2.05) is 0 Å². The minimum absolute atomic E-state index is 0.0257. The zero-order valence-electron chi connectivity index (χ0n) is 23.5. The standard InChI is InChI=1S/C30H28Cl2F2N4O4S/c1-29(2,34)26-18(24(37-42-26)23-19(31)5-4-6-20(23)32)12-41-17-9-16-11-38(14-30(16,10-17)13-35)28-36-25-21(33)7-15(27(39)40-3)8-22(25)43-28/h4-8,13,16-17,35H,9-12,14H2,1-3H3/t16-,17+,30-/m1/s1. The first-order valence-corrected chi connectivity index (χ1v) is 15.2. The van der Waals surface area contributed by atoms with Gasteiger partial charge in [-0.3, -0.25) is 0 Å². The molecule has 3 atom stereocenters. The molecule has 13 heteroatoms. The number of fused-ring (bicyclic) bond motifs is 2. The molecule has 0 radical (unpaired) electrons. The molecule has 0 amide bonds. The highest BCUT2D eigenvalue weighted by atomic mass is 35.5. The Morgan fingerprint density at radius 2 is 2.07 bits per heavy atom. The molecule has 1 aliphatic carbocycles. The van der Waals surface area contributed by atoms with Gasteiger partial charge in [-0.05, 0) is 56.9 Å². The van der Waals surface area contributed by atoms with Crippen molar-refractivity contribution in [2.24, 2.45) is 11.3 Å². The maximum atomic E-state index is 15.2. The van der Waals surface area contributed by atoms with E-state index in [1.54, 1.807) is 24.3 Å². The number of nitrogens with one attached hydrogen (secondary N) is 1. The van der Waals surface area contributed by atoms with Gasteiger partial charge in [0.15, 0.2) is 22.4 Å². The molecule has 0 unspecified atom stereocenters. The number of nitrogens with zero attached hydrogens (tertiary/aromatic N) is 3. The second-order valence-corrected chi connectivity index (χ2v) is 13.4. The third kappa shape index (κ3) is 5.30. The minimum Gasteiger partial charge on any atom is -0.465 e. The Kier molecular flexibility index (Phi) is 7.73. The molecule has 6 rings (SSSR count). The molecule has 2 aliphatic rings. The number of anilines is 1. The summed E-state index contributed by atoms with van der Waals surface area (Å²) in [5.74, 6) is -1.06. The van der Waals surface area contributed by atoms with Crippen molar-refractivity contribution in [3.63, 3.8) is 0 Å². The van der Waals surface area contributed by atoms with Gasteiger partial charge in [-0.25, -0.2) is 18.6 Å². The van der Waals surface area contributed by atoms with Gasteiger partial charge in [-0.15, -0.1) is 0 Å². The van der Waals surface area contributed by atoms with Crippen LogP contribution in [0.5, 0.6) is 0 Å². The van der Waals surface area contributed by atoms with Crippen LogP contribution in [-0.2, 0) is 21.7 Å². The molecule has 4 aromatic rings. The predicted molar refractivity (Wildman–Crippen MR) is 162 cm³/mol. The van der Waals surface area contributed by atoms with Crippen LogP contribution in [0.2, 0.25) is 10.0 Å². The summed E-state index contributed by atoms with van der Waals surface area (Å²) in [4.78, 5) is 18.5. The average Bonchev–Trinajstić information content (AvgIpc) is 3.71. The van der Waals surface area contributed by atoms with Gasteiger partial charge in [0.1, 0.15) is 11.2 Å². The van der Waals surface area contributed by atoms with Crippen LogP contribution in [0.15, 0.2) is 34.9 Å². The number of thiazole rings is 1. The number of rotatable bonds is 8. The summed E-state index contributed by atoms with van der Waals surface area (Å²) in [6.45, 7) is 3.92. The molecule has 0 spiro atoms. The second kappa shape index (κ2) is 11.1. The minimum atomic E-state index is -1.82. The number of alkyl halides is 1. The molecule has 0 bridgehead atoms. The lowest BCUT2D eigenvalue weighted by atomic mass is 9.82. The molecule has 1 aliphatic heterocycles. The number of hydrogen-bond donors (Lipinski definition) is 1. The number of methoxy groups -OCH3 is 1. The van der Waals surface area contributed by atoms with Crippen molar-refractivity contribution in [1.82, 2.24) is 10.1 Å². The molecule has 8 nitrogen and oxygen atoms in total. The van der Waals surface area contributed by atoms with Gasteiger partial charge in [0.25, 0.3) is 0 Å². The first-order valence-electron chi connectivity index (χ1n) is 13.6. The highest BCUT2D eigenvalue weighted by molar-refractivity contribution is 7.22. The van der Waals surface area contributed by atoms with Gasteiger partial charge in [-0.1, -0.05) is 45.8 Å². The number of aromatic nitrogens is 2. The normalized spacial score (nSPS) is 21.9. The Morgan fingerprint density at radius 1 is 1.33 bits per heavy atom. The van der Waals surface area contributed by atoms with Crippen LogP contribution < -0.4 is 4.90 Å². The van der Waals surface area contributed by atoms with Crippen LogP contribution in [0.25, 0.3) is 21.5 Å². The lowest BCUT2D eigenvalue weighted by Crippen LogP contribution is -2.30. The monoisotopic (exact) mass is 648 g/mol. The topological polar surface area (TPSA) is 102 Å². The van der Waals surface area contributed by atoms with Gasteiger partial charge in [0.05, 0.1) is 45.7 Å². The number of halogens is 4. The van der Waals surface area contributed by atoms with E-state index in [0.717, 1.165) is 6.07 Å². The summed E-state index contributed by atoms with van der Waals surface area (Å²) in [6, 6.07) is 7.79. The van der Waals surface area contributed by atoms with E-state index in [4.69, 9.17) is 42.6 Å². The molecule has 1 N–H and O–H groups in total. The number of carbonyl (C=O) groups excluding carboxylic acids is 1. The van der Waals surface area contributed by atoms with Crippen molar-refractivity contribution in [3.8, 4) is 11.3 Å². The number of benzene rings is 2. The van der Waals surface area contributed by atoms with E-state index >= 15 is 4.39 Å². The number of ether oxygens (including phenoxy) is 2. The molecule has 2 fully saturated rings. The van der Waals surface area contributed by atoms with Crippen LogP contribution in [0.3, 0.4) is 0 Å². The van der Waals surface area contributed by atoms with Crippen molar-refractivity contribution >= 4 is 62.1 Å². The molecule has 2 aromatic heterocycles. The van der Waals surface area contributed by atoms with E-state index in [9.17, 15) is 9.18 Å². The van der Waals surface area contributed by atoms with Crippen LogP contribution in [0, 0.1) is 22.6 Å². The molecule has 2 aromatic carbocycles.